The molecular formula is C17H30N4O4S. The molecule has 0 fully saturated rings. The van der Waals surface area contributed by atoms with E-state index >= 15 is 0 Å². The van der Waals surface area contributed by atoms with Crippen LogP contribution in [0.3, 0.4) is 0 Å². The van der Waals surface area contributed by atoms with E-state index in [0.29, 0.717) is 19.0 Å². The van der Waals surface area contributed by atoms with Crippen molar-refractivity contribution in [3.05, 3.63) is 23.8 Å². The summed E-state index contributed by atoms with van der Waals surface area (Å²) in [6.07, 6.45) is 1.14. The molecule has 148 valence electrons. The van der Waals surface area contributed by atoms with Crippen molar-refractivity contribution in [2.24, 2.45) is 4.99 Å². The number of benzene rings is 1. The second-order valence-electron chi connectivity index (χ2n) is 6.69. The molecule has 26 heavy (non-hydrogen) atoms. The normalized spacial score (nSPS) is 12.7. The van der Waals surface area contributed by atoms with Crippen LogP contribution in [-0.2, 0) is 16.6 Å². The van der Waals surface area contributed by atoms with Gasteiger partial charge in [-0.2, -0.15) is 0 Å². The van der Waals surface area contributed by atoms with Gasteiger partial charge in [0, 0.05) is 44.4 Å². The van der Waals surface area contributed by atoms with Gasteiger partial charge in [0.15, 0.2) is 5.96 Å². The van der Waals surface area contributed by atoms with E-state index in [4.69, 9.17) is 9.47 Å². The average Bonchev–Trinajstić information content (AvgIpc) is 2.53. The number of guanidine groups is 1. The van der Waals surface area contributed by atoms with Crippen LogP contribution in [0, 0.1) is 0 Å². The van der Waals surface area contributed by atoms with Crippen LogP contribution in [0.2, 0.25) is 0 Å². The quantitative estimate of drug-likeness (QED) is 0.512. The number of nitrogens with zero attached hydrogens (tertiary/aromatic N) is 2. The first kappa shape index (κ1) is 22.0. The van der Waals surface area contributed by atoms with E-state index in [1.54, 1.807) is 35.1 Å². The average molecular weight is 387 g/mol. The number of ether oxygens (including phenoxy) is 2. The number of methoxy groups -OCH3 is 2. The van der Waals surface area contributed by atoms with E-state index in [9.17, 15) is 8.42 Å². The molecule has 0 saturated heterocycles. The molecule has 0 atom stereocenters. The highest BCUT2D eigenvalue weighted by atomic mass is 32.2. The fraction of sp³-hybridized carbons (Fsp3) is 0.588. The first-order valence-electron chi connectivity index (χ1n) is 8.13. The molecule has 9 heteroatoms. The van der Waals surface area contributed by atoms with Gasteiger partial charge in [-0.1, -0.05) is 0 Å². The third-order valence-electron chi connectivity index (χ3n) is 3.63. The summed E-state index contributed by atoms with van der Waals surface area (Å²) < 4.78 is 36.2. The third-order valence-corrected chi connectivity index (χ3v) is 4.55. The lowest BCUT2D eigenvalue weighted by molar-refractivity contribution is 0.380. The zero-order chi connectivity index (χ0) is 20.0. The zero-order valence-electron chi connectivity index (χ0n) is 16.6. The van der Waals surface area contributed by atoms with Crippen LogP contribution >= 0.6 is 0 Å². The highest BCUT2D eigenvalue weighted by molar-refractivity contribution is 7.88. The van der Waals surface area contributed by atoms with Gasteiger partial charge in [0.2, 0.25) is 10.0 Å². The van der Waals surface area contributed by atoms with Crippen LogP contribution in [0.4, 0.5) is 0 Å². The molecular weight excluding hydrogens is 356 g/mol. The number of sulfonamides is 1. The van der Waals surface area contributed by atoms with Gasteiger partial charge in [-0.05, 0) is 26.0 Å². The van der Waals surface area contributed by atoms with Crippen molar-refractivity contribution < 1.29 is 17.9 Å². The maximum atomic E-state index is 11.5. The smallest absolute Gasteiger partial charge is 0.209 e. The molecule has 0 aliphatic carbocycles. The van der Waals surface area contributed by atoms with Crippen molar-refractivity contribution in [3.8, 4) is 11.5 Å². The van der Waals surface area contributed by atoms with E-state index in [1.165, 1.54) is 0 Å². The first-order chi connectivity index (χ1) is 12.0. The van der Waals surface area contributed by atoms with Crippen LogP contribution in [-0.4, -0.2) is 65.9 Å². The first-order valence-corrected chi connectivity index (χ1v) is 10.0. The molecule has 0 unspecified atom stereocenters. The number of hydrogen-bond acceptors (Lipinski definition) is 5. The number of rotatable bonds is 8. The van der Waals surface area contributed by atoms with Crippen LogP contribution in [0.15, 0.2) is 23.2 Å². The Bertz CT molecular complexity index is 732. The molecule has 0 bridgehead atoms. The van der Waals surface area contributed by atoms with E-state index in [1.807, 2.05) is 30.1 Å². The van der Waals surface area contributed by atoms with Crippen LogP contribution in [0.5, 0.6) is 11.5 Å². The van der Waals surface area contributed by atoms with Crippen LogP contribution < -0.4 is 19.5 Å². The Labute approximate surface area is 156 Å². The Morgan fingerprint density at radius 1 is 1.27 bits per heavy atom. The Morgan fingerprint density at radius 2 is 1.92 bits per heavy atom. The van der Waals surface area contributed by atoms with Crippen LogP contribution in [0.25, 0.3) is 0 Å². The van der Waals surface area contributed by atoms with E-state index < -0.39 is 15.6 Å². The Morgan fingerprint density at radius 3 is 2.42 bits per heavy atom. The summed E-state index contributed by atoms with van der Waals surface area (Å²) in [5, 5.41) is 3.20. The van der Waals surface area contributed by atoms with Crippen LogP contribution in [0.1, 0.15) is 19.4 Å². The largest absolute Gasteiger partial charge is 0.497 e. The van der Waals surface area contributed by atoms with Crippen molar-refractivity contribution in [1.29, 1.82) is 0 Å². The summed E-state index contributed by atoms with van der Waals surface area (Å²) in [6.45, 7) is 4.56. The third kappa shape index (κ3) is 7.09. The monoisotopic (exact) mass is 386 g/mol. The molecule has 1 aromatic carbocycles. The Kier molecular flexibility index (Phi) is 7.70. The summed E-state index contributed by atoms with van der Waals surface area (Å²) in [5.41, 5.74) is 0.328. The minimum absolute atomic E-state index is 0.386. The molecule has 0 spiro atoms. The lowest BCUT2D eigenvalue weighted by Crippen LogP contribution is -2.53. The SMILES string of the molecule is CN=C(NCC(C)(C)NS(C)(=O)=O)N(C)Cc1ccc(OC)cc1OC. The summed E-state index contributed by atoms with van der Waals surface area (Å²) in [6, 6.07) is 5.65. The molecule has 0 amide bonds. The second-order valence-corrected chi connectivity index (χ2v) is 8.44. The summed E-state index contributed by atoms with van der Waals surface area (Å²) in [5.74, 6) is 2.10. The Balaban J connectivity index is 2.80. The van der Waals surface area contributed by atoms with Crippen molar-refractivity contribution in [3.63, 3.8) is 0 Å². The molecule has 1 rings (SSSR count). The zero-order valence-corrected chi connectivity index (χ0v) is 17.4. The predicted octanol–water partition coefficient (Wildman–Crippen LogP) is 1.04. The predicted molar refractivity (Wildman–Crippen MR) is 104 cm³/mol. The van der Waals surface area contributed by atoms with Crippen molar-refractivity contribution in [2.45, 2.75) is 25.9 Å². The van der Waals surface area contributed by atoms with Gasteiger partial charge in [0.1, 0.15) is 11.5 Å². The lowest BCUT2D eigenvalue weighted by Gasteiger charge is -2.29. The fourth-order valence-electron chi connectivity index (χ4n) is 2.54. The number of hydrogen-bond donors (Lipinski definition) is 2. The van der Waals surface area contributed by atoms with E-state index in [-0.39, 0.29) is 0 Å². The van der Waals surface area contributed by atoms with Crippen molar-refractivity contribution >= 4 is 16.0 Å². The number of nitrogens with one attached hydrogen (secondary N) is 2. The van der Waals surface area contributed by atoms with E-state index in [0.717, 1.165) is 23.3 Å². The highest BCUT2D eigenvalue weighted by Crippen LogP contribution is 2.25. The summed E-state index contributed by atoms with van der Waals surface area (Å²) in [4.78, 5) is 6.19. The fourth-order valence-corrected chi connectivity index (χ4v) is 3.61. The van der Waals surface area contributed by atoms with Gasteiger partial charge in [0.25, 0.3) is 0 Å². The maximum Gasteiger partial charge on any atom is 0.209 e. The number of aliphatic imine (C=N–C) groups is 1. The van der Waals surface area contributed by atoms with Gasteiger partial charge in [0.05, 0.1) is 20.5 Å². The van der Waals surface area contributed by atoms with Gasteiger partial charge in [-0.3, -0.25) is 4.99 Å². The summed E-state index contributed by atoms with van der Waals surface area (Å²) in [7, 11) is 3.51. The lowest BCUT2D eigenvalue weighted by atomic mass is 10.1. The molecule has 0 radical (unpaired) electrons. The minimum Gasteiger partial charge on any atom is -0.497 e. The Hall–Kier alpha value is -2.00. The molecule has 0 aliphatic rings. The molecule has 0 heterocycles. The topological polar surface area (TPSA) is 92.3 Å². The highest BCUT2D eigenvalue weighted by Gasteiger charge is 2.23. The molecule has 0 saturated carbocycles. The molecule has 8 nitrogen and oxygen atoms in total. The van der Waals surface area contributed by atoms with Gasteiger partial charge in [-0.15, -0.1) is 0 Å². The van der Waals surface area contributed by atoms with E-state index in [2.05, 4.69) is 15.0 Å². The molecule has 2 N–H and O–H groups in total. The van der Waals surface area contributed by atoms with Crippen molar-refractivity contribution in [2.75, 3.05) is 41.1 Å². The van der Waals surface area contributed by atoms with Gasteiger partial charge >= 0.3 is 0 Å². The standard InChI is InChI=1S/C17H30N4O4S/c1-17(2,20-26(7,22)23)12-19-16(18-3)21(4)11-13-8-9-14(24-5)10-15(13)25-6/h8-10,20H,11-12H2,1-7H3,(H,18,19). The maximum absolute atomic E-state index is 11.5. The van der Waals surface area contributed by atoms with Crippen molar-refractivity contribution in [1.82, 2.24) is 14.9 Å². The minimum atomic E-state index is -3.29. The second kappa shape index (κ2) is 9.09. The van der Waals surface area contributed by atoms with Gasteiger partial charge < -0.3 is 19.7 Å². The molecule has 0 aromatic heterocycles. The molecule has 1 aromatic rings. The van der Waals surface area contributed by atoms with Gasteiger partial charge in [-0.25, -0.2) is 13.1 Å². The summed E-state index contributed by atoms with van der Waals surface area (Å²) >= 11 is 0. The molecule has 0 aliphatic heterocycles.